The van der Waals surface area contributed by atoms with Crippen molar-refractivity contribution in [1.82, 2.24) is 15.5 Å². The molecule has 5 heteroatoms. The van der Waals surface area contributed by atoms with Gasteiger partial charge in [-0.3, -0.25) is 4.99 Å². The molecule has 0 saturated carbocycles. The molecular weight excluding hydrogens is 423 g/mol. The number of halogens is 1. The largest absolute Gasteiger partial charge is 0.355 e. The second kappa shape index (κ2) is 10.6. The third-order valence-corrected chi connectivity index (χ3v) is 4.67. The Morgan fingerprint density at radius 1 is 1.00 bits per heavy atom. The maximum Gasteiger partial charge on any atom is 0.191 e. The minimum atomic E-state index is 0. The minimum absolute atomic E-state index is 0. The van der Waals surface area contributed by atoms with Crippen molar-refractivity contribution in [2.24, 2.45) is 4.99 Å². The average molecular weight is 452 g/mol. The molecule has 0 aromatic heterocycles. The number of nitrogens with one attached hydrogen (secondary N) is 2. The van der Waals surface area contributed by atoms with E-state index in [0.717, 1.165) is 25.6 Å². The molecule has 0 aliphatic carbocycles. The quantitative estimate of drug-likeness (QED) is 0.414. The van der Waals surface area contributed by atoms with Crippen molar-refractivity contribution in [1.29, 1.82) is 0 Å². The molecule has 0 unspecified atom stereocenters. The number of nitrogens with zero attached hydrogens (tertiary/aromatic N) is 2. The van der Waals surface area contributed by atoms with Crippen LogP contribution in [0.15, 0.2) is 47.5 Å². The lowest BCUT2D eigenvalue weighted by Crippen LogP contribution is -2.42. The summed E-state index contributed by atoms with van der Waals surface area (Å²) in [5.74, 6) is 0.875. The monoisotopic (exact) mass is 452 g/mol. The standard InChI is InChI=1S/C20H28N4.HI/c1-21-20(22-11-14-24-12-5-2-6-13-24)23-16-17-9-10-18-7-3-4-8-19(18)15-17;/h3-4,7-10,15H,2,5-6,11-14,16H2,1H3,(H2,21,22,23);1H. The predicted molar refractivity (Wildman–Crippen MR) is 118 cm³/mol. The normalized spacial score (nSPS) is 15.6. The highest BCUT2D eigenvalue weighted by molar-refractivity contribution is 14.0. The highest BCUT2D eigenvalue weighted by atomic mass is 127. The Kier molecular flexibility index (Phi) is 8.48. The van der Waals surface area contributed by atoms with Crippen molar-refractivity contribution in [2.45, 2.75) is 25.8 Å². The molecule has 25 heavy (non-hydrogen) atoms. The molecule has 0 radical (unpaired) electrons. The first-order chi connectivity index (χ1) is 11.8. The van der Waals surface area contributed by atoms with Crippen molar-refractivity contribution in [3.05, 3.63) is 48.0 Å². The van der Waals surface area contributed by atoms with Crippen LogP contribution in [0.3, 0.4) is 0 Å². The molecule has 2 N–H and O–H groups in total. The summed E-state index contributed by atoms with van der Waals surface area (Å²) in [4.78, 5) is 6.86. The van der Waals surface area contributed by atoms with Crippen LogP contribution in [0.2, 0.25) is 0 Å². The van der Waals surface area contributed by atoms with Gasteiger partial charge in [-0.1, -0.05) is 42.8 Å². The van der Waals surface area contributed by atoms with Crippen LogP contribution < -0.4 is 10.6 Å². The number of piperidine rings is 1. The summed E-state index contributed by atoms with van der Waals surface area (Å²) < 4.78 is 0. The first-order valence-electron chi connectivity index (χ1n) is 9.00. The Morgan fingerprint density at radius 2 is 1.76 bits per heavy atom. The smallest absolute Gasteiger partial charge is 0.191 e. The molecule has 1 aliphatic heterocycles. The third-order valence-electron chi connectivity index (χ3n) is 4.67. The fourth-order valence-electron chi connectivity index (χ4n) is 3.27. The first kappa shape index (κ1) is 20.0. The molecular formula is C20H29IN4. The number of fused-ring (bicyclic) bond motifs is 1. The van der Waals surface area contributed by atoms with Crippen LogP contribution in [-0.4, -0.2) is 44.1 Å². The van der Waals surface area contributed by atoms with Gasteiger partial charge in [0, 0.05) is 26.7 Å². The topological polar surface area (TPSA) is 39.7 Å². The maximum atomic E-state index is 4.32. The van der Waals surface area contributed by atoms with Crippen LogP contribution in [-0.2, 0) is 6.54 Å². The van der Waals surface area contributed by atoms with Gasteiger partial charge in [0.15, 0.2) is 5.96 Å². The SMILES string of the molecule is CN=C(NCCN1CCCCC1)NCc1ccc2ccccc2c1.I. The second-order valence-corrected chi connectivity index (χ2v) is 6.44. The molecule has 0 bridgehead atoms. The van der Waals surface area contributed by atoms with Crippen LogP contribution in [0.25, 0.3) is 10.8 Å². The fraction of sp³-hybridized carbons (Fsp3) is 0.450. The molecule has 0 atom stereocenters. The van der Waals surface area contributed by atoms with Crippen LogP contribution >= 0.6 is 24.0 Å². The van der Waals surface area contributed by atoms with Crippen molar-refractivity contribution < 1.29 is 0 Å². The number of guanidine groups is 1. The highest BCUT2D eigenvalue weighted by Crippen LogP contribution is 2.15. The summed E-state index contributed by atoms with van der Waals surface area (Å²) in [5.41, 5.74) is 1.27. The molecule has 4 nitrogen and oxygen atoms in total. The number of likely N-dealkylation sites (tertiary alicyclic amines) is 1. The molecule has 1 aliphatic rings. The summed E-state index contributed by atoms with van der Waals surface area (Å²) in [6.45, 7) is 5.30. The van der Waals surface area contributed by atoms with Gasteiger partial charge in [-0.05, 0) is 48.3 Å². The zero-order valence-corrected chi connectivity index (χ0v) is 17.3. The van der Waals surface area contributed by atoms with Crippen LogP contribution in [0.5, 0.6) is 0 Å². The molecule has 3 rings (SSSR count). The van der Waals surface area contributed by atoms with Crippen LogP contribution in [0.4, 0.5) is 0 Å². The zero-order chi connectivity index (χ0) is 16.6. The summed E-state index contributed by atoms with van der Waals surface area (Å²) in [7, 11) is 1.83. The van der Waals surface area contributed by atoms with Gasteiger partial charge in [0.2, 0.25) is 0 Å². The van der Waals surface area contributed by atoms with E-state index in [9.17, 15) is 0 Å². The van der Waals surface area contributed by atoms with Gasteiger partial charge in [0.05, 0.1) is 0 Å². The lowest BCUT2D eigenvalue weighted by molar-refractivity contribution is 0.232. The van der Waals surface area contributed by atoms with Crippen molar-refractivity contribution >= 4 is 40.7 Å². The third kappa shape index (κ3) is 6.15. The Hall–Kier alpha value is -1.34. The molecule has 0 amide bonds. The van der Waals surface area contributed by atoms with Gasteiger partial charge in [-0.15, -0.1) is 24.0 Å². The van der Waals surface area contributed by atoms with Gasteiger partial charge >= 0.3 is 0 Å². The Labute approximate surface area is 168 Å². The summed E-state index contributed by atoms with van der Waals surface area (Å²) in [5, 5.41) is 9.39. The van der Waals surface area contributed by atoms with E-state index in [1.807, 2.05) is 7.05 Å². The molecule has 1 heterocycles. The van der Waals surface area contributed by atoms with E-state index < -0.39 is 0 Å². The lowest BCUT2D eigenvalue weighted by atomic mass is 10.1. The van der Waals surface area contributed by atoms with E-state index >= 15 is 0 Å². The van der Waals surface area contributed by atoms with Gasteiger partial charge in [0.1, 0.15) is 0 Å². The van der Waals surface area contributed by atoms with Crippen molar-refractivity contribution in [2.75, 3.05) is 33.2 Å². The van der Waals surface area contributed by atoms with Gasteiger partial charge in [-0.2, -0.15) is 0 Å². The first-order valence-corrected chi connectivity index (χ1v) is 9.00. The number of aliphatic imine (C=N–C) groups is 1. The zero-order valence-electron chi connectivity index (χ0n) is 15.0. The van der Waals surface area contributed by atoms with E-state index in [2.05, 4.69) is 63.0 Å². The number of benzene rings is 2. The van der Waals surface area contributed by atoms with E-state index in [1.165, 1.54) is 48.7 Å². The Balaban J connectivity index is 0.00000225. The van der Waals surface area contributed by atoms with E-state index in [4.69, 9.17) is 0 Å². The molecule has 1 fully saturated rings. The predicted octanol–water partition coefficient (Wildman–Crippen LogP) is 3.61. The van der Waals surface area contributed by atoms with Crippen LogP contribution in [0.1, 0.15) is 24.8 Å². The molecule has 136 valence electrons. The number of hydrogen-bond donors (Lipinski definition) is 2. The summed E-state index contributed by atoms with van der Waals surface area (Å²) in [6, 6.07) is 15.1. The van der Waals surface area contributed by atoms with Gasteiger partial charge in [-0.25, -0.2) is 0 Å². The van der Waals surface area contributed by atoms with E-state index in [-0.39, 0.29) is 24.0 Å². The summed E-state index contributed by atoms with van der Waals surface area (Å²) in [6.07, 6.45) is 4.07. The lowest BCUT2D eigenvalue weighted by Gasteiger charge is -2.26. The minimum Gasteiger partial charge on any atom is -0.355 e. The Morgan fingerprint density at radius 3 is 2.52 bits per heavy atom. The van der Waals surface area contributed by atoms with Crippen LogP contribution in [0, 0.1) is 0 Å². The van der Waals surface area contributed by atoms with Gasteiger partial charge in [0.25, 0.3) is 0 Å². The molecule has 0 spiro atoms. The van der Waals surface area contributed by atoms with E-state index in [0.29, 0.717) is 0 Å². The molecule has 1 saturated heterocycles. The number of rotatable bonds is 5. The number of hydrogen-bond acceptors (Lipinski definition) is 2. The fourth-order valence-corrected chi connectivity index (χ4v) is 3.27. The highest BCUT2D eigenvalue weighted by Gasteiger charge is 2.09. The molecule has 2 aromatic rings. The molecule has 2 aromatic carbocycles. The summed E-state index contributed by atoms with van der Waals surface area (Å²) >= 11 is 0. The van der Waals surface area contributed by atoms with E-state index in [1.54, 1.807) is 0 Å². The average Bonchev–Trinajstić information content (AvgIpc) is 2.65. The van der Waals surface area contributed by atoms with Gasteiger partial charge < -0.3 is 15.5 Å². The van der Waals surface area contributed by atoms with Crippen molar-refractivity contribution in [3.63, 3.8) is 0 Å². The van der Waals surface area contributed by atoms with Crippen molar-refractivity contribution in [3.8, 4) is 0 Å². The maximum absolute atomic E-state index is 4.32. The Bertz CT molecular complexity index is 680. The second-order valence-electron chi connectivity index (χ2n) is 6.44.